The molecule has 0 bridgehead atoms. The van der Waals surface area contributed by atoms with Crippen LogP contribution in [0.5, 0.6) is 0 Å². The molecule has 96 valence electrons. The lowest BCUT2D eigenvalue weighted by molar-refractivity contribution is -0.178. The molecule has 0 radical (unpaired) electrons. The molecule has 0 amide bonds. The number of aromatic nitrogens is 3. The largest absolute Gasteiger partial charge is 0.394 e. The molecule has 0 aliphatic carbocycles. The van der Waals surface area contributed by atoms with Crippen LogP contribution in [0.25, 0.3) is 0 Å². The highest BCUT2D eigenvalue weighted by Gasteiger charge is 2.45. The van der Waals surface area contributed by atoms with E-state index < -0.39 is 29.8 Å². The van der Waals surface area contributed by atoms with E-state index in [2.05, 4.69) is 10.3 Å². The zero-order valence-electron chi connectivity index (χ0n) is 9.25. The molecular formula is C9H15N3O4S. The average Bonchev–Trinajstić information content (AvgIpc) is 2.83. The van der Waals surface area contributed by atoms with Gasteiger partial charge in [-0.1, -0.05) is 5.21 Å². The van der Waals surface area contributed by atoms with Crippen molar-refractivity contribution >= 4 is 11.8 Å². The van der Waals surface area contributed by atoms with Crippen LogP contribution < -0.4 is 0 Å². The molecule has 2 rings (SSSR count). The van der Waals surface area contributed by atoms with E-state index in [0.29, 0.717) is 0 Å². The van der Waals surface area contributed by atoms with Gasteiger partial charge in [-0.3, -0.25) is 0 Å². The van der Waals surface area contributed by atoms with Crippen molar-refractivity contribution in [2.45, 2.75) is 29.8 Å². The Balaban J connectivity index is 2.26. The summed E-state index contributed by atoms with van der Waals surface area (Å²) in [6.07, 6.45) is 2.15. The predicted molar refractivity (Wildman–Crippen MR) is 60.3 cm³/mol. The van der Waals surface area contributed by atoms with Gasteiger partial charge in [-0.15, -0.1) is 16.9 Å². The molecule has 0 aromatic carbocycles. The maximum absolute atomic E-state index is 10.1. The number of aliphatic hydroxyl groups excluding tert-OH is 3. The van der Waals surface area contributed by atoms with Gasteiger partial charge in [0, 0.05) is 6.20 Å². The number of ether oxygens (including phenoxy) is 1. The first-order valence-corrected chi connectivity index (χ1v) is 6.49. The number of hydrogen-bond donors (Lipinski definition) is 3. The minimum atomic E-state index is -1.03. The van der Waals surface area contributed by atoms with Gasteiger partial charge in [0.15, 0.2) is 0 Å². The van der Waals surface area contributed by atoms with Crippen LogP contribution in [0.15, 0.2) is 12.4 Å². The Hall–Kier alpha value is -0.670. The first-order valence-electron chi connectivity index (χ1n) is 5.20. The third-order valence-corrected chi connectivity index (χ3v) is 3.68. The number of rotatable bonds is 3. The van der Waals surface area contributed by atoms with Gasteiger partial charge in [0.2, 0.25) is 0 Å². The van der Waals surface area contributed by atoms with Crippen molar-refractivity contribution in [2.75, 3.05) is 12.9 Å². The molecular weight excluding hydrogens is 246 g/mol. The van der Waals surface area contributed by atoms with Gasteiger partial charge in [0.05, 0.1) is 12.8 Å². The van der Waals surface area contributed by atoms with Crippen molar-refractivity contribution in [3.63, 3.8) is 0 Å². The summed E-state index contributed by atoms with van der Waals surface area (Å²) in [6, 6.07) is -0.666. The van der Waals surface area contributed by atoms with Crippen LogP contribution >= 0.6 is 11.8 Å². The van der Waals surface area contributed by atoms with Gasteiger partial charge in [0.1, 0.15) is 29.8 Å². The van der Waals surface area contributed by atoms with Crippen molar-refractivity contribution in [3.05, 3.63) is 12.4 Å². The Labute approximate surface area is 102 Å². The van der Waals surface area contributed by atoms with E-state index in [4.69, 9.17) is 9.84 Å². The summed E-state index contributed by atoms with van der Waals surface area (Å²) < 4.78 is 6.78. The monoisotopic (exact) mass is 261 g/mol. The summed E-state index contributed by atoms with van der Waals surface area (Å²) >= 11 is 1.32. The highest BCUT2D eigenvalue weighted by Crippen LogP contribution is 2.33. The van der Waals surface area contributed by atoms with Crippen molar-refractivity contribution in [3.8, 4) is 0 Å². The fourth-order valence-corrected chi connectivity index (χ4v) is 2.65. The molecule has 1 aromatic heterocycles. The van der Waals surface area contributed by atoms with Crippen LogP contribution in [-0.4, -0.2) is 66.9 Å². The van der Waals surface area contributed by atoms with Crippen LogP contribution in [0.2, 0.25) is 0 Å². The topological polar surface area (TPSA) is 101 Å². The SMILES string of the molecule is CS[C@@H]1OC(CO)[C@H](O)[C@H](n2ccnn2)C1O. The van der Waals surface area contributed by atoms with Crippen molar-refractivity contribution in [2.24, 2.45) is 0 Å². The molecule has 2 unspecified atom stereocenters. The minimum absolute atomic E-state index is 0.309. The summed E-state index contributed by atoms with van der Waals surface area (Å²) in [5.41, 5.74) is -0.509. The first kappa shape index (κ1) is 12.8. The zero-order chi connectivity index (χ0) is 12.4. The molecule has 2 heterocycles. The van der Waals surface area contributed by atoms with Crippen LogP contribution in [0.3, 0.4) is 0 Å². The van der Waals surface area contributed by atoms with E-state index in [0.717, 1.165) is 0 Å². The van der Waals surface area contributed by atoms with Gasteiger partial charge >= 0.3 is 0 Å². The quantitative estimate of drug-likeness (QED) is 0.616. The molecule has 1 aliphatic heterocycles. The lowest BCUT2D eigenvalue weighted by Crippen LogP contribution is -2.54. The van der Waals surface area contributed by atoms with Crippen LogP contribution in [0.1, 0.15) is 6.04 Å². The lowest BCUT2D eigenvalue weighted by Gasteiger charge is -2.41. The Bertz CT molecular complexity index is 334. The summed E-state index contributed by atoms with van der Waals surface area (Å²) in [6.45, 7) is -0.309. The molecule has 3 N–H and O–H groups in total. The molecule has 0 spiro atoms. The molecule has 17 heavy (non-hydrogen) atoms. The van der Waals surface area contributed by atoms with Gasteiger partial charge in [-0.25, -0.2) is 4.68 Å². The average molecular weight is 261 g/mol. The first-order chi connectivity index (χ1) is 8.19. The second-order valence-corrected chi connectivity index (χ2v) is 4.75. The molecule has 7 nitrogen and oxygen atoms in total. The third-order valence-electron chi connectivity index (χ3n) is 2.83. The minimum Gasteiger partial charge on any atom is -0.394 e. The summed E-state index contributed by atoms with van der Waals surface area (Å²) in [7, 11) is 0. The maximum Gasteiger partial charge on any atom is 0.131 e. The molecule has 8 heteroatoms. The van der Waals surface area contributed by atoms with Gasteiger partial charge in [-0.2, -0.15) is 0 Å². The number of hydrogen-bond acceptors (Lipinski definition) is 7. The number of nitrogens with zero attached hydrogens (tertiary/aromatic N) is 3. The van der Waals surface area contributed by atoms with E-state index in [1.165, 1.54) is 22.6 Å². The zero-order valence-corrected chi connectivity index (χ0v) is 10.1. The Morgan fingerprint density at radius 3 is 2.71 bits per heavy atom. The van der Waals surface area contributed by atoms with E-state index in [1.54, 1.807) is 12.5 Å². The molecule has 0 saturated carbocycles. The summed E-state index contributed by atoms with van der Waals surface area (Å²) in [5, 5.41) is 36.7. The van der Waals surface area contributed by atoms with Crippen LogP contribution in [-0.2, 0) is 4.74 Å². The number of aliphatic hydroxyl groups is 3. The van der Waals surface area contributed by atoms with Crippen molar-refractivity contribution in [1.29, 1.82) is 0 Å². The second kappa shape index (κ2) is 5.32. The van der Waals surface area contributed by atoms with Gasteiger partial charge in [-0.05, 0) is 6.26 Å². The standard InChI is InChI=1S/C9H15N3O4S/c1-17-9-8(15)6(12-3-2-10-11-12)7(14)5(4-13)16-9/h2-3,5-9,13-15H,4H2,1H3/t5?,6-,7-,8?,9-/m0/s1. The Kier molecular flexibility index (Phi) is 4.00. The lowest BCUT2D eigenvalue weighted by atomic mass is 9.97. The van der Waals surface area contributed by atoms with Crippen molar-refractivity contribution < 1.29 is 20.1 Å². The second-order valence-electron chi connectivity index (χ2n) is 3.82. The fraction of sp³-hybridized carbons (Fsp3) is 0.778. The molecule has 1 aromatic rings. The summed E-state index contributed by atoms with van der Waals surface area (Å²) in [5.74, 6) is 0. The third kappa shape index (κ3) is 2.31. The van der Waals surface area contributed by atoms with Gasteiger partial charge in [0.25, 0.3) is 0 Å². The van der Waals surface area contributed by atoms with E-state index in [1.807, 2.05) is 0 Å². The molecule has 1 aliphatic rings. The maximum atomic E-state index is 10.1. The number of thioether (sulfide) groups is 1. The van der Waals surface area contributed by atoms with E-state index in [9.17, 15) is 10.2 Å². The fourth-order valence-electron chi connectivity index (χ4n) is 1.95. The molecule has 1 saturated heterocycles. The highest BCUT2D eigenvalue weighted by atomic mass is 32.2. The highest BCUT2D eigenvalue weighted by molar-refractivity contribution is 7.99. The Morgan fingerprint density at radius 2 is 2.18 bits per heavy atom. The van der Waals surface area contributed by atoms with Crippen LogP contribution in [0.4, 0.5) is 0 Å². The molecule has 1 fully saturated rings. The Morgan fingerprint density at radius 1 is 1.41 bits per heavy atom. The smallest absolute Gasteiger partial charge is 0.131 e. The van der Waals surface area contributed by atoms with Crippen LogP contribution in [0, 0.1) is 0 Å². The predicted octanol–water partition coefficient (Wildman–Crippen LogP) is -1.38. The normalized spacial score (nSPS) is 38.2. The van der Waals surface area contributed by atoms with Crippen molar-refractivity contribution in [1.82, 2.24) is 15.0 Å². The van der Waals surface area contributed by atoms with Gasteiger partial charge < -0.3 is 20.1 Å². The van der Waals surface area contributed by atoms with E-state index >= 15 is 0 Å². The molecule has 5 atom stereocenters. The summed E-state index contributed by atoms with van der Waals surface area (Å²) in [4.78, 5) is 0. The van der Waals surface area contributed by atoms with E-state index in [-0.39, 0.29) is 6.61 Å².